The van der Waals surface area contributed by atoms with Crippen LogP contribution in [-0.2, 0) is 14.3 Å². The van der Waals surface area contributed by atoms with Crippen LogP contribution in [0.25, 0.3) is 0 Å². The lowest BCUT2D eigenvalue weighted by Crippen LogP contribution is -2.34. The Hall–Kier alpha value is -9.44. The number of esters is 1. The van der Waals surface area contributed by atoms with E-state index < -0.39 is 35.4 Å². The van der Waals surface area contributed by atoms with E-state index in [4.69, 9.17) is 14.2 Å². The number of carboxylic acids is 1. The second kappa shape index (κ2) is 23.8. The van der Waals surface area contributed by atoms with Gasteiger partial charge in [0, 0.05) is 39.3 Å². The molecule has 0 saturated carbocycles. The van der Waals surface area contributed by atoms with E-state index in [2.05, 4.69) is 9.97 Å². The number of carbonyl (C=O) groups excluding carboxylic acids is 3. The van der Waals surface area contributed by atoms with Crippen LogP contribution in [0.5, 0.6) is 11.5 Å². The quantitative estimate of drug-likeness (QED) is 0.116. The number of hydrogen-bond acceptors (Lipinski definition) is 11. The molecule has 2 aliphatic rings. The summed E-state index contributed by atoms with van der Waals surface area (Å²) < 4.78 is 44.9. The Labute approximate surface area is 444 Å². The first-order valence-corrected chi connectivity index (χ1v) is 24.9. The first kappa shape index (κ1) is 52.4. The van der Waals surface area contributed by atoms with Gasteiger partial charge in [-0.15, -0.1) is 0 Å². The Morgan fingerprint density at radius 3 is 1.27 bits per heavy atom. The summed E-state index contributed by atoms with van der Waals surface area (Å²) in [6, 6.07) is 49.2. The lowest BCUT2D eigenvalue weighted by Gasteiger charge is -2.27. The molecule has 8 aromatic rings. The fraction of sp³-hybridized carbons (Fsp3) is 0.180. The normalized spacial score (nSPS) is 12.8. The highest BCUT2D eigenvalue weighted by Gasteiger charge is 2.32. The van der Waals surface area contributed by atoms with Crippen LogP contribution in [0.2, 0.25) is 0 Å². The number of pyridine rings is 2. The number of benzene rings is 6. The molecule has 2 aromatic heterocycles. The summed E-state index contributed by atoms with van der Waals surface area (Å²) in [4.78, 5) is 68.7. The summed E-state index contributed by atoms with van der Waals surface area (Å²) in [6.07, 6.45) is 4.17. The Kier molecular flexibility index (Phi) is 16.2. The molecule has 0 spiro atoms. The number of halogens is 2. The van der Waals surface area contributed by atoms with E-state index in [1.54, 1.807) is 42.1 Å². The van der Waals surface area contributed by atoms with Crippen LogP contribution >= 0.6 is 0 Å². The van der Waals surface area contributed by atoms with E-state index in [9.17, 15) is 33.1 Å². The van der Waals surface area contributed by atoms with Gasteiger partial charge in [-0.3, -0.25) is 9.59 Å². The third-order valence-electron chi connectivity index (χ3n) is 13.3. The summed E-state index contributed by atoms with van der Waals surface area (Å²) >= 11 is 0. The van der Waals surface area contributed by atoms with Crippen molar-refractivity contribution < 1.29 is 47.3 Å². The molecule has 4 heterocycles. The Balaban J connectivity index is 0.000000188. The van der Waals surface area contributed by atoms with Crippen LogP contribution in [0.15, 0.2) is 182 Å². The van der Waals surface area contributed by atoms with Crippen molar-refractivity contribution in [2.75, 3.05) is 67.1 Å². The lowest BCUT2D eigenvalue weighted by atomic mass is 9.90. The van der Waals surface area contributed by atoms with Crippen molar-refractivity contribution in [3.8, 4) is 11.5 Å². The van der Waals surface area contributed by atoms with Gasteiger partial charge in [0.2, 0.25) is 11.8 Å². The van der Waals surface area contributed by atoms with Crippen molar-refractivity contribution in [1.29, 1.82) is 0 Å². The van der Waals surface area contributed by atoms with Gasteiger partial charge in [0.25, 0.3) is 0 Å². The average Bonchev–Trinajstić information content (AvgIpc) is 3.82. The molecule has 16 heteroatoms. The van der Waals surface area contributed by atoms with Crippen molar-refractivity contribution >= 4 is 58.1 Å². The fourth-order valence-corrected chi connectivity index (χ4v) is 9.48. The molecular formula is C61H54F2N6O8. The second-order valence-corrected chi connectivity index (χ2v) is 18.2. The van der Waals surface area contributed by atoms with Gasteiger partial charge in [0.1, 0.15) is 34.8 Å². The average molecular weight is 1040 g/mol. The topological polar surface area (TPSA) is 155 Å². The summed E-state index contributed by atoms with van der Waals surface area (Å²) in [6.45, 7) is 1.87. The Bertz CT molecular complexity index is 3310. The number of amides is 2. The van der Waals surface area contributed by atoms with Crippen LogP contribution in [0.4, 0.5) is 43.2 Å². The largest absolute Gasteiger partial charge is 0.491 e. The zero-order valence-corrected chi connectivity index (χ0v) is 42.5. The molecule has 390 valence electrons. The van der Waals surface area contributed by atoms with Crippen molar-refractivity contribution in [3.63, 3.8) is 0 Å². The maximum absolute atomic E-state index is 14.2. The smallest absolute Gasteiger partial charge is 0.340 e. The summed E-state index contributed by atoms with van der Waals surface area (Å²) in [5.41, 5.74) is 4.76. The number of rotatable bonds is 12. The molecule has 0 aliphatic carbocycles. The molecule has 2 amide bonds. The molecule has 0 unspecified atom stereocenters. The van der Waals surface area contributed by atoms with Gasteiger partial charge in [-0.2, -0.15) is 0 Å². The molecule has 2 aliphatic heterocycles. The predicted octanol–water partition coefficient (Wildman–Crippen LogP) is 11.4. The number of likely N-dealkylation sites (N-methyl/N-ethyl adjacent to an activating group) is 2. The summed E-state index contributed by atoms with van der Waals surface area (Å²) in [5, 5.41) is 10.1. The van der Waals surface area contributed by atoms with Gasteiger partial charge in [-0.1, -0.05) is 121 Å². The van der Waals surface area contributed by atoms with Crippen molar-refractivity contribution in [2.24, 2.45) is 0 Å². The van der Waals surface area contributed by atoms with Crippen LogP contribution < -0.4 is 29.1 Å². The molecule has 0 atom stereocenters. The number of aromatic carboxylic acids is 1. The van der Waals surface area contributed by atoms with Gasteiger partial charge in [0.15, 0.2) is 0 Å². The van der Waals surface area contributed by atoms with Gasteiger partial charge in [-0.25, -0.2) is 28.3 Å². The summed E-state index contributed by atoms with van der Waals surface area (Å²) in [7, 11) is 4.46. The number of ether oxygens (including phenoxy) is 3. The zero-order valence-electron chi connectivity index (χ0n) is 42.5. The summed E-state index contributed by atoms with van der Waals surface area (Å²) in [5.74, 6) is -2.67. The number of fused-ring (bicyclic) bond motifs is 2. The maximum atomic E-state index is 14.2. The number of methoxy groups -OCH3 is 1. The molecular weight excluding hydrogens is 983 g/mol. The number of nitrogens with zero attached hydrogens (tertiary/aromatic N) is 6. The molecule has 0 radical (unpaired) electrons. The van der Waals surface area contributed by atoms with E-state index >= 15 is 0 Å². The Morgan fingerprint density at radius 2 is 0.909 bits per heavy atom. The first-order chi connectivity index (χ1) is 37.4. The van der Waals surface area contributed by atoms with Gasteiger partial charge < -0.3 is 38.9 Å². The SMILES string of the molecule is CN(C(=O)C(c1ccccc1)c1ccccc1)c1cnc(N2CCCOc3ccc(F)cc32)cc1C(=O)O.COC(=O)c1cc(N2CCCOc3ccc(F)cc32)ncc1N(C)C(=O)C(c1ccccc1)c1ccccc1. The molecule has 0 fully saturated rings. The van der Waals surface area contributed by atoms with Crippen LogP contribution in [0.3, 0.4) is 0 Å². The third-order valence-corrected chi connectivity index (χ3v) is 13.3. The highest BCUT2D eigenvalue weighted by atomic mass is 19.1. The Morgan fingerprint density at radius 1 is 0.545 bits per heavy atom. The van der Waals surface area contributed by atoms with Gasteiger partial charge >= 0.3 is 11.9 Å². The molecule has 77 heavy (non-hydrogen) atoms. The number of anilines is 6. The predicted molar refractivity (Wildman–Crippen MR) is 290 cm³/mol. The van der Waals surface area contributed by atoms with E-state index in [0.717, 1.165) is 22.3 Å². The van der Waals surface area contributed by atoms with Crippen molar-refractivity contribution in [3.05, 3.63) is 227 Å². The monoisotopic (exact) mass is 1040 g/mol. The van der Waals surface area contributed by atoms with Gasteiger partial charge in [0.05, 0.1) is 78.4 Å². The van der Waals surface area contributed by atoms with E-state index in [1.807, 2.05) is 121 Å². The number of hydrogen-bond donors (Lipinski definition) is 1. The van der Waals surface area contributed by atoms with E-state index in [0.29, 0.717) is 79.3 Å². The molecule has 10 rings (SSSR count). The highest BCUT2D eigenvalue weighted by Crippen LogP contribution is 2.40. The first-order valence-electron chi connectivity index (χ1n) is 24.9. The number of carbonyl (C=O) groups is 4. The number of aromatic nitrogens is 2. The molecule has 14 nitrogen and oxygen atoms in total. The minimum Gasteiger partial charge on any atom is -0.491 e. The molecule has 0 bridgehead atoms. The van der Waals surface area contributed by atoms with Crippen LogP contribution in [-0.4, -0.2) is 86.3 Å². The second-order valence-electron chi connectivity index (χ2n) is 18.2. The van der Waals surface area contributed by atoms with E-state index in [-0.39, 0.29) is 28.6 Å². The molecule has 6 aromatic carbocycles. The number of carboxylic acid groups (broad SMARTS) is 1. The zero-order chi connectivity index (χ0) is 54.0. The molecule has 1 N–H and O–H groups in total. The maximum Gasteiger partial charge on any atom is 0.340 e. The van der Waals surface area contributed by atoms with Crippen molar-refractivity contribution in [2.45, 2.75) is 24.7 Å². The minimum absolute atomic E-state index is 0.0890. The highest BCUT2D eigenvalue weighted by molar-refractivity contribution is 6.07. The van der Waals surface area contributed by atoms with Gasteiger partial charge in [-0.05, 0) is 71.5 Å². The van der Waals surface area contributed by atoms with Crippen LogP contribution in [0.1, 0.15) is 67.6 Å². The van der Waals surface area contributed by atoms with Crippen molar-refractivity contribution in [1.82, 2.24) is 9.97 Å². The standard InChI is InChI=1S/C31H28FN3O4.C30H26FN3O4/c1-34(30(36)29(21-10-5-3-6-11-21)22-12-7-4-8-13-22)26-20-33-28(19-24(26)31(37)38-2)35-16-9-17-39-27-15-14-23(32)18-25(27)35;1-33(29(35)28(20-9-4-2-5-10-20)21-11-6-3-7-12-21)25-19-32-27(18-23(25)30(36)37)34-15-8-16-38-26-14-13-22(31)17-24(26)34/h3-8,10-15,18-20,29H,9,16-17H2,1-2H3;2-7,9-14,17-19,28H,8,15-16H2,1H3,(H,36,37). The third kappa shape index (κ3) is 11.6. The molecule has 0 saturated heterocycles. The van der Waals surface area contributed by atoms with Crippen LogP contribution in [0, 0.1) is 11.6 Å². The lowest BCUT2D eigenvalue weighted by molar-refractivity contribution is -0.119. The fourth-order valence-electron chi connectivity index (χ4n) is 9.48. The minimum atomic E-state index is -1.20. The van der Waals surface area contributed by atoms with E-state index in [1.165, 1.54) is 59.6 Å².